The molecule has 1 saturated carbocycles. The fourth-order valence-corrected chi connectivity index (χ4v) is 2.62. The standard InChI is InChI=1S/C14H19ClN2O2/c1-9(2)14(4-5-14)8-16-12-7-11(15)13(17(18)19)6-10(12)3/h6-7,9,16H,4-5,8H2,1-3H3. The van der Waals surface area contributed by atoms with Gasteiger partial charge in [0.25, 0.3) is 5.69 Å². The smallest absolute Gasteiger partial charge is 0.288 e. The van der Waals surface area contributed by atoms with Gasteiger partial charge in [-0.1, -0.05) is 25.4 Å². The van der Waals surface area contributed by atoms with E-state index in [1.807, 2.05) is 6.92 Å². The third-order valence-corrected chi connectivity index (χ3v) is 4.54. The maximum absolute atomic E-state index is 10.8. The Bertz CT molecular complexity index is 510. The number of nitrogens with zero attached hydrogens (tertiary/aromatic N) is 1. The molecule has 0 heterocycles. The lowest BCUT2D eigenvalue weighted by molar-refractivity contribution is -0.384. The minimum Gasteiger partial charge on any atom is -0.384 e. The second-order valence-electron chi connectivity index (χ2n) is 5.75. The summed E-state index contributed by atoms with van der Waals surface area (Å²) in [7, 11) is 0. The number of halogens is 1. The average Bonchev–Trinajstić information content (AvgIpc) is 3.10. The van der Waals surface area contributed by atoms with E-state index in [1.165, 1.54) is 18.9 Å². The summed E-state index contributed by atoms with van der Waals surface area (Å²) in [5.41, 5.74) is 2.11. The molecule has 2 rings (SSSR count). The van der Waals surface area contributed by atoms with Crippen LogP contribution in [0.2, 0.25) is 5.02 Å². The molecule has 0 aliphatic heterocycles. The fraction of sp³-hybridized carbons (Fsp3) is 0.571. The highest BCUT2D eigenvalue weighted by Crippen LogP contribution is 2.51. The molecule has 104 valence electrons. The largest absolute Gasteiger partial charge is 0.384 e. The monoisotopic (exact) mass is 282 g/mol. The van der Waals surface area contributed by atoms with Crippen LogP contribution >= 0.6 is 11.6 Å². The SMILES string of the molecule is Cc1cc([N+](=O)[O-])c(Cl)cc1NCC1(C(C)C)CC1. The molecule has 0 aromatic heterocycles. The van der Waals surface area contributed by atoms with Crippen LogP contribution < -0.4 is 5.32 Å². The van der Waals surface area contributed by atoms with Gasteiger partial charge in [-0.2, -0.15) is 0 Å². The van der Waals surface area contributed by atoms with Crippen LogP contribution in [0.4, 0.5) is 11.4 Å². The van der Waals surface area contributed by atoms with Gasteiger partial charge < -0.3 is 5.32 Å². The van der Waals surface area contributed by atoms with Crippen LogP contribution in [0, 0.1) is 28.4 Å². The number of anilines is 1. The van der Waals surface area contributed by atoms with Crippen molar-refractivity contribution in [3.05, 3.63) is 32.8 Å². The lowest BCUT2D eigenvalue weighted by Gasteiger charge is -2.21. The molecule has 19 heavy (non-hydrogen) atoms. The summed E-state index contributed by atoms with van der Waals surface area (Å²) in [6.45, 7) is 7.24. The van der Waals surface area contributed by atoms with E-state index in [9.17, 15) is 10.1 Å². The Kier molecular flexibility index (Phi) is 3.72. The van der Waals surface area contributed by atoms with Gasteiger partial charge in [-0.3, -0.25) is 10.1 Å². The highest BCUT2D eigenvalue weighted by Gasteiger charge is 2.44. The van der Waals surface area contributed by atoms with E-state index >= 15 is 0 Å². The first-order valence-electron chi connectivity index (χ1n) is 6.54. The van der Waals surface area contributed by atoms with Crippen LogP contribution in [0.5, 0.6) is 0 Å². The molecule has 1 aromatic carbocycles. The lowest BCUT2D eigenvalue weighted by atomic mass is 9.92. The Labute approximate surface area is 118 Å². The molecule has 0 bridgehead atoms. The van der Waals surface area contributed by atoms with E-state index in [-0.39, 0.29) is 10.7 Å². The molecule has 5 heteroatoms. The van der Waals surface area contributed by atoms with Crippen LogP contribution in [0.15, 0.2) is 12.1 Å². The van der Waals surface area contributed by atoms with Crippen molar-refractivity contribution < 1.29 is 4.92 Å². The number of benzene rings is 1. The Hall–Kier alpha value is -1.29. The Morgan fingerprint density at radius 2 is 2.11 bits per heavy atom. The third kappa shape index (κ3) is 2.84. The minimum atomic E-state index is -0.449. The predicted molar refractivity (Wildman–Crippen MR) is 77.8 cm³/mol. The zero-order chi connectivity index (χ0) is 14.2. The summed E-state index contributed by atoms with van der Waals surface area (Å²) >= 11 is 5.94. The predicted octanol–water partition coefficient (Wildman–Crippen LogP) is 4.40. The van der Waals surface area contributed by atoms with E-state index in [1.54, 1.807) is 6.07 Å². The molecule has 1 aliphatic carbocycles. The second-order valence-corrected chi connectivity index (χ2v) is 6.15. The number of nitrogens with one attached hydrogen (secondary N) is 1. The van der Waals surface area contributed by atoms with Crippen LogP contribution in [0.25, 0.3) is 0 Å². The molecule has 0 saturated heterocycles. The summed E-state index contributed by atoms with van der Waals surface area (Å²) in [6.07, 6.45) is 2.49. The van der Waals surface area contributed by atoms with E-state index in [0.717, 1.165) is 17.8 Å². The molecule has 0 atom stereocenters. The summed E-state index contributed by atoms with van der Waals surface area (Å²) in [5, 5.41) is 14.4. The molecule has 0 spiro atoms. The van der Waals surface area contributed by atoms with Gasteiger partial charge in [0.05, 0.1) is 4.92 Å². The van der Waals surface area contributed by atoms with Crippen LogP contribution in [-0.4, -0.2) is 11.5 Å². The highest BCUT2D eigenvalue weighted by molar-refractivity contribution is 6.33. The van der Waals surface area contributed by atoms with Crippen LogP contribution in [-0.2, 0) is 0 Å². The van der Waals surface area contributed by atoms with Crippen LogP contribution in [0.3, 0.4) is 0 Å². The number of nitro groups is 1. The van der Waals surface area contributed by atoms with Gasteiger partial charge in [0.1, 0.15) is 5.02 Å². The lowest BCUT2D eigenvalue weighted by Crippen LogP contribution is -2.21. The number of nitro benzene ring substituents is 1. The Morgan fingerprint density at radius 1 is 1.47 bits per heavy atom. The van der Waals surface area contributed by atoms with Crippen molar-refractivity contribution in [2.45, 2.75) is 33.6 Å². The summed E-state index contributed by atoms with van der Waals surface area (Å²) in [4.78, 5) is 10.4. The third-order valence-electron chi connectivity index (χ3n) is 4.24. The minimum absolute atomic E-state index is 0.0327. The maximum Gasteiger partial charge on any atom is 0.288 e. The first-order chi connectivity index (χ1) is 8.85. The number of aryl methyl sites for hydroxylation is 1. The van der Waals surface area contributed by atoms with E-state index in [4.69, 9.17) is 11.6 Å². The molecular weight excluding hydrogens is 264 g/mol. The van der Waals surface area contributed by atoms with Gasteiger partial charge in [-0.05, 0) is 42.7 Å². The van der Waals surface area contributed by atoms with Crippen molar-refractivity contribution in [2.75, 3.05) is 11.9 Å². The molecule has 1 fully saturated rings. The molecule has 0 radical (unpaired) electrons. The molecule has 1 aliphatic rings. The quantitative estimate of drug-likeness (QED) is 0.643. The molecule has 0 amide bonds. The van der Waals surface area contributed by atoms with Crippen molar-refractivity contribution in [2.24, 2.45) is 11.3 Å². The van der Waals surface area contributed by atoms with Crippen molar-refractivity contribution >= 4 is 23.0 Å². The average molecular weight is 283 g/mol. The topological polar surface area (TPSA) is 55.2 Å². The number of hydrogen-bond donors (Lipinski definition) is 1. The van der Waals surface area contributed by atoms with Crippen molar-refractivity contribution in [3.8, 4) is 0 Å². The van der Waals surface area contributed by atoms with E-state index < -0.39 is 4.92 Å². The van der Waals surface area contributed by atoms with Crippen molar-refractivity contribution in [1.82, 2.24) is 0 Å². The number of hydrogen-bond acceptors (Lipinski definition) is 3. The summed E-state index contributed by atoms with van der Waals surface area (Å²) < 4.78 is 0. The van der Waals surface area contributed by atoms with Gasteiger partial charge in [0, 0.05) is 18.3 Å². The Balaban J connectivity index is 2.14. The normalized spacial score (nSPS) is 16.5. The molecule has 4 nitrogen and oxygen atoms in total. The summed E-state index contributed by atoms with van der Waals surface area (Å²) in [5.74, 6) is 0.647. The molecular formula is C14H19ClN2O2. The molecule has 1 N–H and O–H groups in total. The number of rotatable bonds is 5. The molecule has 0 unspecified atom stereocenters. The zero-order valence-corrected chi connectivity index (χ0v) is 12.3. The van der Waals surface area contributed by atoms with Gasteiger partial charge >= 0.3 is 0 Å². The highest BCUT2D eigenvalue weighted by atomic mass is 35.5. The van der Waals surface area contributed by atoms with Gasteiger partial charge in [-0.25, -0.2) is 0 Å². The van der Waals surface area contributed by atoms with Crippen LogP contribution in [0.1, 0.15) is 32.3 Å². The Morgan fingerprint density at radius 3 is 2.58 bits per heavy atom. The maximum atomic E-state index is 10.8. The van der Waals surface area contributed by atoms with Gasteiger partial charge in [0.15, 0.2) is 0 Å². The fourth-order valence-electron chi connectivity index (χ4n) is 2.39. The van der Waals surface area contributed by atoms with Gasteiger partial charge in [0.2, 0.25) is 0 Å². The first-order valence-corrected chi connectivity index (χ1v) is 6.92. The van der Waals surface area contributed by atoms with Crippen molar-refractivity contribution in [1.29, 1.82) is 0 Å². The van der Waals surface area contributed by atoms with Gasteiger partial charge in [-0.15, -0.1) is 0 Å². The molecule has 1 aromatic rings. The first kappa shape index (κ1) is 14.1. The zero-order valence-electron chi connectivity index (χ0n) is 11.5. The van der Waals surface area contributed by atoms with Crippen molar-refractivity contribution in [3.63, 3.8) is 0 Å². The summed E-state index contributed by atoms with van der Waals surface area (Å²) in [6, 6.07) is 3.19. The second kappa shape index (κ2) is 5.00. The van der Waals surface area contributed by atoms with E-state index in [2.05, 4.69) is 19.2 Å². The van der Waals surface area contributed by atoms with E-state index in [0.29, 0.717) is 11.3 Å².